The summed E-state index contributed by atoms with van der Waals surface area (Å²) < 4.78 is 22.7. The maximum atomic E-state index is 13.8. The summed E-state index contributed by atoms with van der Waals surface area (Å²) in [6.07, 6.45) is 2.83. The predicted octanol–water partition coefficient (Wildman–Crippen LogP) is 4.85. The first-order valence-electron chi connectivity index (χ1n) is 12.3. The summed E-state index contributed by atoms with van der Waals surface area (Å²) in [6, 6.07) is 9.64. The van der Waals surface area contributed by atoms with Crippen molar-refractivity contribution >= 4 is 23.1 Å². The van der Waals surface area contributed by atoms with Gasteiger partial charge < -0.3 is 24.3 Å². The highest BCUT2D eigenvalue weighted by Gasteiger charge is 2.43. The van der Waals surface area contributed by atoms with Gasteiger partial charge in [0, 0.05) is 46.4 Å². The lowest BCUT2D eigenvalue weighted by molar-refractivity contribution is -0.142. The molecule has 1 saturated heterocycles. The molecule has 2 aromatic rings. The van der Waals surface area contributed by atoms with Crippen molar-refractivity contribution in [3.63, 3.8) is 0 Å². The van der Waals surface area contributed by atoms with Crippen molar-refractivity contribution in [3.05, 3.63) is 68.7 Å². The molecule has 3 heterocycles. The first-order valence-corrected chi connectivity index (χ1v) is 13.2. The van der Waals surface area contributed by atoms with Crippen molar-refractivity contribution in [1.29, 1.82) is 0 Å². The second kappa shape index (κ2) is 10.5. The average Bonchev–Trinajstić information content (AvgIpc) is 3.60. The molecular weight excluding hydrogens is 478 g/mol. The van der Waals surface area contributed by atoms with E-state index in [0.29, 0.717) is 53.4 Å². The third-order valence-electron chi connectivity index (χ3n) is 7.16. The van der Waals surface area contributed by atoms with Crippen molar-refractivity contribution in [2.45, 2.75) is 50.5 Å². The number of allylic oxidation sites excluding steroid dienone is 3. The van der Waals surface area contributed by atoms with Crippen LogP contribution in [-0.2, 0) is 19.1 Å². The number of ether oxygens (including phenoxy) is 4. The van der Waals surface area contributed by atoms with Crippen molar-refractivity contribution in [2.24, 2.45) is 0 Å². The van der Waals surface area contributed by atoms with Gasteiger partial charge in [-0.3, -0.25) is 4.79 Å². The number of methoxy groups -OCH3 is 2. The molecule has 0 spiro atoms. The Kier molecular flexibility index (Phi) is 7.16. The zero-order chi connectivity index (χ0) is 25.2. The Morgan fingerprint density at radius 2 is 2.03 bits per heavy atom. The number of carbonyl (C=O) groups excluding carboxylic acids is 2. The lowest BCUT2D eigenvalue weighted by Crippen LogP contribution is -2.36. The number of benzene rings is 1. The number of nitrogens with one attached hydrogen (secondary N) is 1. The van der Waals surface area contributed by atoms with Crippen LogP contribution in [0, 0.1) is 0 Å². The van der Waals surface area contributed by atoms with E-state index < -0.39 is 11.9 Å². The van der Waals surface area contributed by atoms with Gasteiger partial charge in [-0.25, -0.2) is 4.79 Å². The molecule has 1 aromatic carbocycles. The van der Waals surface area contributed by atoms with Gasteiger partial charge in [-0.05, 0) is 43.7 Å². The number of ketones is 1. The number of rotatable bonds is 7. The molecule has 0 radical (unpaired) electrons. The number of dihydropyridines is 1. The highest BCUT2D eigenvalue weighted by atomic mass is 32.1. The largest absolute Gasteiger partial charge is 0.493 e. The van der Waals surface area contributed by atoms with E-state index in [0.717, 1.165) is 18.5 Å². The number of Topliss-reactive ketones (excluding diaryl/α,β-unsaturated/α-hetero) is 1. The van der Waals surface area contributed by atoms with Crippen LogP contribution in [0.5, 0.6) is 11.5 Å². The molecule has 3 atom stereocenters. The molecule has 1 aliphatic carbocycles. The Bertz CT molecular complexity index is 1210. The van der Waals surface area contributed by atoms with Crippen LogP contribution >= 0.6 is 11.3 Å². The predicted molar refractivity (Wildman–Crippen MR) is 136 cm³/mol. The highest BCUT2D eigenvalue weighted by molar-refractivity contribution is 7.10. The fraction of sp³-hybridized carbons (Fsp3) is 0.429. The number of esters is 1. The molecule has 7 nitrogen and oxygen atoms in total. The van der Waals surface area contributed by atoms with Gasteiger partial charge >= 0.3 is 5.97 Å². The van der Waals surface area contributed by atoms with E-state index in [2.05, 4.69) is 11.4 Å². The Balaban J connectivity index is 1.57. The van der Waals surface area contributed by atoms with Crippen LogP contribution < -0.4 is 14.8 Å². The molecule has 0 bridgehead atoms. The van der Waals surface area contributed by atoms with Gasteiger partial charge in [0.15, 0.2) is 17.3 Å². The second-order valence-electron chi connectivity index (χ2n) is 9.35. The first-order chi connectivity index (χ1) is 17.5. The second-order valence-corrected chi connectivity index (χ2v) is 10.3. The average molecular weight is 510 g/mol. The van der Waals surface area contributed by atoms with Crippen molar-refractivity contribution in [1.82, 2.24) is 5.32 Å². The van der Waals surface area contributed by atoms with Gasteiger partial charge in [0.1, 0.15) is 6.61 Å². The van der Waals surface area contributed by atoms with E-state index in [1.807, 2.05) is 30.5 Å². The van der Waals surface area contributed by atoms with E-state index in [4.69, 9.17) is 18.9 Å². The Morgan fingerprint density at radius 1 is 1.17 bits per heavy atom. The van der Waals surface area contributed by atoms with Gasteiger partial charge in [0.05, 0.1) is 31.8 Å². The van der Waals surface area contributed by atoms with Crippen LogP contribution in [-0.4, -0.2) is 45.3 Å². The van der Waals surface area contributed by atoms with E-state index in [-0.39, 0.29) is 24.4 Å². The van der Waals surface area contributed by atoms with Crippen LogP contribution in [0.4, 0.5) is 0 Å². The molecule has 1 fully saturated rings. The number of carbonyl (C=O) groups is 2. The standard InChI is InChI=1S/C28H31NO6S/c1-16-24(28(31)35-15-18-7-5-11-34-18)25(19-8-4-9-22(32-2)27(19)33-3)26-20(29-16)13-17(14-21(26)30)23-10-6-12-36-23/h4,6,8-10,12,17-18,25,29H,5,7,11,13-15H2,1-3H3/t17-,18+,25-/m0/s1. The molecule has 0 unspecified atom stereocenters. The third kappa shape index (κ3) is 4.55. The van der Waals surface area contributed by atoms with E-state index >= 15 is 0 Å². The van der Waals surface area contributed by atoms with E-state index in [1.54, 1.807) is 31.6 Å². The van der Waals surface area contributed by atoms with Gasteiger partial charge in [0.2, 0.25) is 0 Å². The smallest absolute Gasteiger partial charge is 0.336 e. The summed E-state index contributed by atoms with van der Waals surface area (Å²) in [5, 5.41) is 5.44. The summed E-state index contributed by atoms with van der Waals surface area (Å²) in [6.45, 7) is 2.74. The summed E-state index contributed by atoms with van der Waals surface area (Å²) in [5.41, 5.74) is 3.26. The number of para-hydroxylation sites is 1. The Labute approximate surface area is 215 Å². The minimum Gasteiger partial charge on any atom is -0.493 e. The molecule has 8 heteroatoms. The fourth-order valence-electron chi connectivity index (χ4n) is 5.51. The van der Waals surface area contributed by atoms with Crippen LogP contribution in [0.3, 0.4) is 0 Å². The molecular formula is C28H31NO6S. The summed E-state index contributed by atoms with van der Waals surface area (Å²) in [5.74, 6) is 0.0980. The summed E-state index contributed by atoms with van der Waals surface area (Å²) >= 11 is 1.67. The lowest BCUT2D eigenvalue weighted by Gasteiger charge is -2.37. The molecule has 1 aromatic heterocycles. The minimum absolute atomic E-state index is 0.0222. The zero-order valence-electron chi connectivity index (χ0n) is 20.8. The molecule has 1 N–H and O–H groups in total. The lowest BCUT2D eigenvalue weighted by atomic mass is 9.72. The molecule has 36 heavy (non-hydrogen) atoms. The minimum atomic E-state index is -0.625. The van der Waals surface area contributed by atoms with Gasteiger partial charge in [-0.15, -0.1) is 11.3 Å². The van der Waals surface area contributed by atoms with Gasteiger partial charge in [-0.1, -0.05) is 18.2 Å². The topological polar surface area (TPSA) is 83.1 Å². The molecule has 0 saturated carbocycles. The summed E-state index contributed by atoms with van der Waals surface area (Å²) in [4.78, 5) is 28.5. The summed E-state index contributed by atoms with van der Waals surface area (Å²) in [7, 11) is 3.14. The maximum absolute atomic E-state index is 13.8. The first kappa shape index (κ1) is 24.6. The molecule has 190 valence electrons. The molecule has 0 amide bonds. The van der Waals surface area contributed by atoms with Crippen LogP contribution in [0.1, 0.15) is 54.9 Å². The van der Waals surface area contributed by atoms with E-state index in [1.165, 1.54) is 4.88 Å². The monoisotopic (exact) mass is 509 g/mol. The van der Waals surface area contributed by atoms with E-state index in [9.17, 15) is 9.59 Å². The number of thiophene rings is 1. The normalized spacial score (nSPS) is 23.9. The molecule has 3 aliphatic rings. The third-order valence-corrected chi connectivity index (χ3v) is 8.20. The molecule has 5 rings (SSSR count). The van der Waals surface area contributed by atoms with Crippen LogP contribution in [0.25, 0.3) is 0 Å². The van der Waals surface area contributed by atoms with Crippen molar-refractivity contribution in [2.75, 3.05) is 27.4 Å². The Hall–Kier alpha value is -3.10. The number of hydrogen-bond donors (Lipinski definition) is 1. The fourth-order valence-corrected chi connectivity index (χ4v) is 6.34. The highest BCUT2D eigenvalue weighted by Crippen LogP contribution is 2.49. The quantitative estimate of drug-likeness (QED) is 0.534. The SMILES string of the molecule is COc1cccc([C@H]2C(C(=O)OC[C@H]3CCCO3)=C(C)NC3=C2C(=O)C[C@@H](c2cccs2)C3)c1OC. The zero-order valence-corrected chi connectivity index (χ0v) is 21.6. The Morgan fingerprint density at radius 3 is 2.72 bits per heavy atom. The molecule has 2 aliphatic heterocycles. The van der Waals surface area contributed by atoms with Gasteiger partial charge in [0.25, 0.3) is 0 Å². The van der Waals surface area contributed by atoms with Crippen LogP contribution in [0.2, 0.25) is 0 Å². The van der Waals surface area contributed by atoms with Crippen LogP contribution in [0.15, 0.2) is 58.3 Å². The maximum Gasteiger partial charge on any atom is 0.336 e. The van der Waals surface area contributed by atoms with Crippen molar-refractivity contribution in [3.8, 4) is 11.5 Å². The number of hydrogen-bond acceptors (Lipinski definition) is 8. The van der Waals surface area contributed by atoms with Gasteiger partial charge in [-0.2, -0.15) is 0 Å². The van der Waals surface area contributed by atoms with Crippen molar-refractivity contribution < 1.29 is 28.5 Å².